The third kappa shape index (κ3) is 36.3. The number of carbonyl (C=O) groups excluding carboxylic acids is 2. The summed E-state index contributed by atoms with van der Waals surface area (Å²) in [4.78, 5) is 37.3. The number of carbonyl (C=O) groups is 2. The van der Waals surface area contributed by atoms with E-state index in [1.807, 2.05) is 21.1 Å². The molecule has 0 aliphatic heterocycles. The molecule has 0 N–H and O–H groups in total. The van der Waals surface area contributed by atoms with Crippen LogP contribution in [0, 0.1) is 0 Å². The highest BCUT2D eigenvalue weighted by atomic mass is 31.2. The zero-order chi connectivity index (χ0) is 36.5. The summed E-state index contributed by atoms with van der Waals surface area (Å²) >= 11 is 0. The van der Waals surface area contributed by atoms with E-state index >= 15 is 0 Å². The number of nitrogens with zero attached hydrogens (tertiary/aromatic N) is 1. The van der Waals surface area contributed by atoms with Crippen molar-refractivity contribution in [3.05, 3.63) is 12.2 Å². The molecule has 0 aliphatic carbocycles. The molecule has 49 heavy (non-hydrogen) atoms. The lowest BCUT2D eigenvalue weighted by Gasteiger charge is -2.28. The third-order valence-corrected chi connectivity index (χ3v) is 9.50. The summed E-state index contributed by atoms with van der Waals surface area (Å²) in [6.07, 6.45) is 30.9. The lowest BCUT2D eigenvalue weighted by atomic mass is 10.1. The monoisotopic (exact) mass is 718 g/mol. The quantitative estimate of drug-likeness (QED) is 0.0207. The Morgan fingerprint density at radius 1 is 0.612 bits per heavy atom. The first-order valence-corrected chi connectivity index (χ1v) is 21.4. The number of rotatable bonds is 36. The summed E-state index contributed by atoms with van der Waals surface area (Å²) in [5.41, 5.74) is 0. The van der Waals surface area contributed by atoms with E-state index in [4.69, 9.17) is 18.5 Å². The van der Waals surface area contributed by atoms with Crippen LogP contribution in [-0.2, 0) is 32.7 Å². The van der Waals surface area contributed by atoms with Crippen molar-refractivity contribution in [2.45, 2.75) is 180 Å². The van der Waals surface area contributed by atoms with Crippen molar-refractivity contribution in [1.29, 1.82) is 0 Å². The van der Waals surface area contributed by atoms with Crippen LogP contribution in [0.3, 0.4) is 0 Å². The minimum Gasteiger partial charge on any atom is -0.756 e. The molecule has 2 atom stereocenters. The number of hydrogen-bond donors (Lipinski definition) is 0. The van der Waals surface area contributed by atoms with Crippen molar-refractivity contribution in [3.8, 4) is 0 Å². The van der Waals surface area contributed by atoms with Gasteiger partial charge in [0.2, 0.25) is 0 Å². The molecule has 0 aromatic carbocycles. The van der Waals surface area contributed by atoms with Gasteiger partial charge in [0.25, 0.3) is 7.82 Å². The Kier molecular flexibility index (Phi) is 31.8. The van der Waals surface area contributed by atoms with Gasteiger partial charge >= 0.3 is 11.9 Å². The van der Waals surface area contributed by atoms with Crippen molar-refractivity contribution >= 4 is 19.8 Å². The summed E-state index contributed by atoms with van der Waals surface area (Å²) in [6, 6.07) is 0. The molecule has 0 bridgehead atoms. The van der Waals surface area contributed by atoms with Gasteiger partial charge in [0.05, 0.1) is 27.7 Å². The van der Waals surface area contributed by atoms with Crippen LogP contribution in [0.4, 0.5) is 0 Å². The predicted molar refractivity (Wildman–Crippen MR) is 199 cm³/mol. The van der Waals surface area contributed by atoms with E-state index in [9.17, 15) is 19.0 Å². The van der Waals surface area contributed by atoms with Gasteiger partial charge in [-0.3, -0.25) is 14.2 Å². The summed E-state index contributed by atoms with van der Waals surface area (Å²) in [6.45, 7) is 4.19. The fourth-order valence-corrected chi connectivity index (χ4v) is 6.08. The Bertz CT molecular complexity index is 860. The van der Waals surface area contributed by atoms with Crippen LogP contribution in [0.2, 0.25) is 0 Å². The van der Waals surface area contributed by atoms with Crippen LogP contribution in [0.25, 0.3) is 0 Å². The average molecular weight is 718 g/mol. The van der Waals surface area contributed by atoms with Crippen LogP contribution in [0.15, 0.2) is 12.2 Å². The second-order valence-electron chi connectivity index (χ2n) is 14.7. The molecule has 0 aromatic rings. The fraction of sp³-hybridized carbons (Fsp3) is 0.897. The molecule has 0 saturated carbocycles. The molecule has 0 heterocycles. The highest BCUT2D eigenvalue weighted by Gasteiger charge is 2.21. The van der Waals surface area contributed by atoms with Crippen LogP contribution in [0.5, 0.6) is 0 Å². The first-order chi connectivity index (χ1) is 23.5. The Balaban J connectivity index is 4.41. The van der Waals surface area contributed by atoms with Gasteiger partial charge < -0.3 is 27.9 Å². The van der Waals surface area contributed by atoms with Crippen LogP contribution in [-0.4, -0.2) is 70.0 Å². The molecule has 0 saturated heterocycles. The molecule has 0 radical (unpaired) electrons. The van der Waals surface area contributed by atoms with E-state index in [0.29, 0.717) is 17.4 Å². The molecule has 290 valence electrons. The number of phosphoric ester groups is 1. The minimum atomic E-state index is -4.61. The third-order valence-electron chi connectivity index (χ3n) is 8.54. The summed E-state index contributed by atoms with van der Waals surface area (Å²) in [5, 5.41) is 0. The number of likely N-dealkylation sites (N-methyl/N-ethyl adjacent to an activating group) is 1. The van der Waals surface area contributed by atoms with Crippen LogP contribution < -0.4 is 4.89 Å². The molecule has 0 rings (SSSR count). The highest BCUT2D eigenvalue weighted by Crippen LogP contribution is 2.38. The molecule has 9 nitrogen and oxygen atoms in total. The van der Waals surface area contributed by atoms with Crippen LogP contribution in [0.1, 0.15) is 174 Å². The second kappa shape index (κ2) is 32.6. The zero-order valence-electron chi connectivity index (χ0n) is 32.4. The number of quaternary nitrogens is 1. The molecule has 0 aromatic heterocycles. The van der Waals surface area contributed by atoms with Gasteiger partial charge in [0.1, 0.15) is 19.8 Å². The maximum absolute atomic E-state index is 12.6. The molecular weight excluding hydrogens is 641 g/mol. The van der Waals surface area contributed by atoms with Crippen molar-refractivity contribution in [2.75, 3.05) is 47.5 Å². The highest BCUT2D eigenvalue weighted by molar-refractivity contribution is 7.45. The maximum atomic E-state index is 12.6. The van der Waals surface area contributed by atoms with Gasteiger partial charge in [-0.2, -0.15) is 0 Å². The van der Waals surface area contributed by atoms with Crippen molar-refractivity contribution in [1.82, 2.24) is 0 Å². The molecule has 0 spiro atoms. The number of ether oxygens (including phenoxy) is 2. The van der Waals surface area contributed by atoms with Gasteiger partial charge in [0.15, 0.2) is 6.10 Å². The molecule has 0 amide bonds. The molecule has 10 heteroatoms. The van der Waals surface area contributed by atoms with Gasteiger partial charge in [-0.25, -0.2) is 0 Å². The van der Waals surface area contributed by atoms with Crippen LogP contribution >= 0.6 is 7.82 Å². The lowest BCUT2D eigenvalue weighted by molar-refractivity contribution is -0.870. The van der Waals surface area contributed by atoms with E-state index in [-0.39, 0.29) is 32.0 Å². The molecule has 0 aliphatic rings. The summed E-state index contributed by atoms with van der Waals surface area (Å²) in [7, 11) is 1.17. The topological polar surface area (TPSA) is 111 Å². The normalized spacial score (nSPS) is 13.8. The predicted octanol–water partition coefficient (Wildman–Crippen LogP) is 10.00. The van der Waals surface area contributed by atoms with Gasteiger partial charge in [-0.1, -0.05) is 135 Å². The second-order valence-corrected chi connectivity index (χ2v) is 16.1. The lowest BCUT2D eigenvalue weighted by Crippen LogP contribution is -2.37. The fourth-order valence-electron chi connectivity index (χ4n) is 5.35. The minimum absolute atomic E-state index is 0.0297. The van der Waals surface area contributed by atoms with E-state index in [1.54, 1.807) is 0 Å². The first kappa shape index (κ1) is 47.8. The SMILES string of the molecule is CCCCCCCC/C=C\CCCCCCCC(=O)O[C@H](COC(=O)CCCCCCCCCCCC)COP(=O)([O-])OCC[N+](C)(C)C. The molecular formula is C39H76NO8P. The van der Waals surface area contributed by atoms with E-state index in [2.05, 4.69) is 26.0 Å². The maximum Gasteiger partial charge on any atom is 0.306 e. The van der Waals surface area contributed by atoms with E-state index in [0.717, 1.165) is 51.4 Å². The zero-order valence-corrected chi connectivity index (χ0v) is 33.3. The van der Waals surface area contributed by atoms with E-state index < -0.39 is 26.5 Å². The number of esters is 2. The molecule has 0 fully saturated rings. The Hall–Kier alpha value is -1.25. The summed E-state index contributed by atoms with van der Waals surface area (Å²) in [5.74, 6) is -0.842. The smallest absolute Gasteiger partial charge is 0.306 e. The summed E-state index contributed by atoms with van der Waals surface area (Å²) < 4.78 is 33.7. The molecule has 1 unspecified atom stereocenters. The largest absolute Gasteiger partial charge is 0.756 e. The standard InChI is InChI=1S/C39H76NO8P/c1-6-8-10-12-14-16-18-19-20-21-22-24-26-28-30-32-39(42)48-37(36-47-49(43,44)46-34-33-40(3,4)5)35-45-38(41)31-29-27-25-23-17-15-13-11-9-7-2/h19-20,37H,6-18,21-36H2,1-5H3/b20-19-/t37-/m1/s1. The number of hydrogen-bond acceptors (Lipinski definition) is 8. The van der Waals surface area contributed by atoms with Crippen molar-refractivity contribution in [2.24, 2.45) is 0 Å². The van der Waals surface area contributed by atoms with Crippen molar-refractivity contribution in [3.63, 3.8) is 0 Å². The van der Waals surface area contributed by atoms with Gasteiger partial charge in [-0.15, -0.1) is 0 Å². The van der Waals surface area contributed by atoms with Gasteiger partial charge in [-0.05, 0) is 38.5 Å². The van der Waals surface area contributed by atoms with E-state index in [1.165, 1.54) is 89.9 Å². The Morgan fingerprint density at radius 2 is 1.04 bits per heavy atom. The van der Waals surface area contributed by atoms with Crippen molar-refractivity contribution < 1.29 is 42.1 Å². The average Bonchev–Trinajstić information content (AvgIpc) is 3.04. The number of phosphoric acid groups is 1. The Morgan fingerprint density at radius 3 is 1.51 bits per heavy atom. The van der Waals surface area contributed by atoms with Gasteiger partial charge in [0, 0.05) is 12.8 Å². The number of unbranched alkanes of at least 4 members (excludes halogenated alkanes) is 20. The number of allylic oxidation sites excluding steroid dienone is 2. The Labute approximate surface area is 301 Å². The first-order valence-electron chi connectivity index (χ1n) is 19.9.